The van der Waals surface area contributed by atoms with E-state index >= 15 is 0 Å². The fourth-order valence-electron chi connectivity index (χ4n) is 3.20. The lowest BCUT2D eigenvalue weighted by atomic mass is 10.0. The van der Waals surface area contributed by atoms with Gasteiger partial charge in [-0.1, -0.05) is 23.4 Å². The van der Waals surface area contributed by atoms with Crippen molar-refractivity contribution in [1.29, 1.82) is 0 Å². The second-order valence-corrected chi connectivity index (χ2v) is 6.04. The number of amides is 1. The van der Waals surface area contributed by atoms with Gasteiger partial charge in [-0.25, -0.2) is 4.68 Å². The van der Waals surface area contributed by atoms with Crippen LogP contribution in [0.5, 0.6) is 5.75 Å². The quantitative estimate of drug-likeness (QED) is 0.817. The molecule has 0 N–H and O–H groups in total. The largest absolute Gasteiger partial charge is 0.494 e. The number of aromatic nitrogens is 3. The Labute approximate surface area is 142 Å². The molecule has 24 heavy (non-hydrogen) atoms. The molecular formula is C18H24N4O2. The molecule has 0 aliphatic carbocycles. The van der Waals surface area contributed by atoms with E-state index in [2.05, 4.69) is 10.3 Å². The molecule has 1 aliphatic heterocycles. The summed E-state index contributed by atoms with van der Waals surface area (Å²) in [5.41, 5.74) is 1.10. The number of carbonyl (C=O) groups excluding carboxylic acids is 1. The highest BCUT2D eigenvalue weighted by Crippen LogP contribution is 2.23. The summed E-state index contributed by atoms with van der Waals surface area (Å²) in [5.74, 6) is 1.11. The molecule has 2 aromatic rings. The fraction of sp³-hybridized carbons (Fsp3) is 0.500. The van der Waals surface area contributed by atoms with Crippen molar-refractivity contribution in [2.45, 2.75) is 38.6 Å². The number of nitrogens with zero attached hydrogens (tertiary/aromatic N) is 4. The first-order valence-electron chi connectivity index (χ1n) is 8.62. The van der Waals surface area contributed by atoms with Gasteiger partial charge in [0, 0.05) is 25.7 Å². The Morgan fingerprint density at radius 1 is 1.29 bits per heavy atom. The Morgan fingerprint density at radius 2 is 2.08 bits per heavy atom. The standard InChI is InChI=1S/C18H24N4O2/c1-2-24-17-6-4-3-5-15(17)7-8-18(23)21-12-9-16(10-13-21)22-14-11-19-20-22/h3-6,11,14,16H,2,7-10,12-13H2,1H3. The number of para-hydroxylation sites is 1. The number of ether oxygens (including phenoxy) is 1. The van der Waals surface area contributed by atoms with Crippen LogP contribution in [0, 0.1) is 0 Å². The minimum absolute atomic E-state index is 0.221. The van der Waals surface area contributed by atoms with Gasteiger partial charge in [0.2, 0.25) is 5.91 Å². The van der Waals surface area contributed by atoms with E-state index in [0.29, 0.717) is 19.1 Å². The average molecular weight is 328 g/mol. The third-order valence-electron chi connectivity index (χ3n) is 4.51. The van der Waals surface area contributed by atoms with Crippen LogP contribution < -0.4 is 4.74 Å². The summed E-state index contributed by atoms with van der Waals surface area (Å²) in [4.78, 5) is 14.5. The predicted molar refractivity (Wildman–Crippen MR) is 90.8 cm³/mol. The topological polar surface area (TPSA) is 60.2 Å². The van der Waals surface area contributed by atoms with Crippen molar-refractivity contribution in [2.24, 2.45) is 0 Å². The van der Waals surface area contributed by atoms with Gasteiger partial charge in [0.15, 0.2) is 0 Å². The van der Waals surface area contributed by atoms with Crippen molar-refractivity contribution >= 4 is 5.91 Å². The summed E-state index contributed by atoms with van der Waals surface area (Å²) in [7, 11) is 0. The number of likely N-dealkylation sites (tertiary alicyclic amines) is 1. The van der Waals surface area contributed by atoms with E-state index in [9.17, 15) is 4.79 Å². The SMILES string of the molecule is CCOc1ccccc1CCC(=O)N1CCC(n2ccnn2)CC1. The number of hydrogen-bond donors (Lipinski definition) is 0. The van der Waals surface area contributed by atoms with E-state index in [1.54, 1.807) is 6.20 Å². The van der Waals surface area contributed by atoms with Gasteiger partial charge in [-0.05, 0) is 37.8 Å². The molecule has 128 valence electrons. The molecular weight excluding hydrogens is 304 g/mol. The first-order valence-corrected chi connectivity index (χ1v) is 8.62. The van der Waals surface area contributed by atoms with Crippen molar-refractivity contribution < 1.29 is 9.53 Å². The maximum absolute atomic E-state index is 12.5. The molecule has 1 aliphatic rings. The van der Waals surface area contributed by atoms with Crippen LogP contribution in [0.4, 0.5) is 0 Å². The van der Waals surface area contributed by atoms with Crippen LogP contribution in [0.15, 0.2) is 36.7 Å². The summed E-state index contributed by atoms with van der Waals surface area (Å²) in [6, 6.07) is 8.31. The van der Waals surface area contributed by atoms with Gasteiger partial charge in [-0.15, -0.1) is 5.10 Å². The molecule has 1 aromatic carbocycles. The Kier molecular flexibility index (Phi) is 5.46. The van der Waals surface area contributed by atoms with E-state index in [-0.39, 0.29) is 5.91 Å². The summed E-state index contributed by atoms with van der Waals surface area (Å²) >= 11 is 0. The molecule has 6 heteroatoms. The molecule has 1 aromatic heterocycles. The number of aryl methyl sites for hydroxylation is 1. The molecule has 0 saturated carbocycles. The highest BCUT2D eigenvalue weighted by Gasteiger charge is 2.24. The third-order valence-corrected chi connectivity index (χ3v) is 4.51. The molecule has 1 fully saturated rings. The highest BCUT2D eigenvalue weighted by molar-refractivity contribution is 5.76. The first-order chi connectivity index (χ1) is 11.8. The van der Waals surface area contributed by atoms with E-state index in [4.69, 9.17) is 4.74 Å². The zero-order valence-electron chi connectivity index (χ0n) is 14.1. The molecule has 0 unspecified atom stereocenters. The highest BCUT2D eigenvalue weighted by atomic mass is 16.5. The maximum Gasteiger partial charge on any atom is 0.222 e. The lowest BCUT2D eigenvalue weighted by molar-refractivity contribution is -0.132. The normalized spacial score (nSPS) is 15.5. The minimum Gasteiger partial charge on any atom is -0.494 e. The van der Waals surface area contributed by atoms with Gasteiger partial charge >= 0.3 is 0 Å². The van der Waals surface area contributed by atoms with E-state index in [1.165, 1.54) is 0 Å². The van der Waals surface area contributed by atoms with Gasteiger partial charge in [0.05, 0.1) is 18.8 Å². The van der Waals surface area contributed by atoms with Crippen LogP contribution in [0.3, 0.4) is 0 Å². The Bertz CT molecular complexity index is 649. The van der Waals surface area contributed by atoms with Crippen LogP contribution in [0.2, 0.25) is 0 Å². The molecule has 1 amide bonds. The van der Waals surface area contributed by atoms with E-state index in [1.807, 2.05) is 47.0 Å². The summed E-state index contributed by atoms with van der Waals surface area (Å²) in [6.07, 6.45) is 6.71. The van der Waals surface area contributed by atoms with E-state index in [0.717, 1.165) is 43.7 Å². The van der Waals surface area contributed by atoms with Crippen LogP contribution in [-0.4, -0.2) is 45.5 Å². The van der Waals surface area contributed by atoms with Crippen LogP contribution in [-0.2, 0) is 11.2 Å². The average Bonchev–Trinajstić information content (AvgIpc) is 3.16. The van der Waals surface area contributed by atoms with Crippen LogP contribution >= 0.6 is 0 Å². The van der Waals surface area contributed by atoms with Crippen molar-refractivity contribution in [2.75, 3.05) is 19.7 Å². The third kappa shape index (κ3) is 3.93. The van der Waals surface area contributed by atoms with Gasteiger partial charge in [0.1, 0.15) is 5.75 Å². The second-order valence-electron chi connectivity index (χ2n) is 6.04. The minimum atomic E-state index is 0.221. The molecule has 0 atom stereocenters. The van der Waals surface area contributed by atoms with Crippen LogP contribution in [0.25, 0.3) is 0 Å². The summed E-state index contributed by atoms with van der Waals surface area (Å²) in [5, 5.41) is 7.92. The molecule has 2 heterocycles. The van der Waals surface area contributed by atoms with Crippen molar-refractivity contribution in [3.63, 3.8) is 0 Å². The lowest BCUT2D eigenvalue weighted by Gasteiger charge is -2.32. The number of benzene rings is 1. The lowest BCUT2D eigenvalue weighted by Crippen LogP contribution is -2.39. The molecule has 3 rings (SSSR count). The molecule has 0 radical (unpaired) electrons. The molecule has 0 bridgehead atoms. The van der Waals surface area contributed by atoms with Crippen molar-refractivity contribution in [1.82, 2.24) is 19.9 Å². The predicted octanol–water partition coefficient (Wildman–Crippen LogP) is 2.47. The van der Waals surface area contributed by atoms with Gasteiger partial charge in [-0.2, -0.15) is 0 Å². The number of piperidine rings is 1. The van der Waals surface area contributed by atoms with Gasteiger partial charge < -0.3 is 9.64 Å². The number of carbonyl (C=O) groups is 1. The fourth-order valence-corrected chi connectivity index (χ4v) is 3.20. The van der Waals surface area contributed by atoms with Crippen LogP contribution in [0.1, 0.15) is 37.8 Å². The molecule has 0 spiro atoms. The Balaban J connectivity index is 1.50. The monoisotopic (exact) mass is 328 g/mol. The summed E-state index contributed by atoms with van der Waals surface area (Å²) in [6.45, 7) is 4.19. The second kappa shape index (κ2) is 7.95. The van der Waals surface area contributed by atoms with Crippen molar-refractivity contribution in [3.05, 3.63) is 42.2 Å². The summed E-state index contributed by atoms with van der Waals surface area (Å²) < 4.78 is 7.53. The van der Waals surface area contributed by atoms with Gasteiger partial charge in [-0.3, -0.25) is 4.79 Å². The number of rotatable bonds is 6. The van der Waals surface area contributed by atoms with E-state index < -0.39 is 0 Å². The smallest absolute Gasteiger partial charge is 0.222 e. The first kappa shape index (κ1) is 16.5. The van der Waals surface area contributed by atoms with Gasteiger partial charge in [0.25, 0.3) is 0 Å². The maximum atomic E-state index is 12.5. The zero-order chi connectivity index (χ0) is 16.8. The Hall–Kier alpha value is -2.37. The molecule has 6 nitrogen and oxygen atoms in total. The van der Waals surface area contributed by atoms with Crippen molar-refractivity contribution in [3.8, 4) is 5.75 Å². The molecule has 1 saturated heterocycles. The number of hydrogen-bond acceptors (Lipinski definition) is 4. The zero-order valence-corrected chi connectivity index (χ0v) is 14.1. The Morgan fingerprint density at radius 3 is 2.79 bits per heavy atom.